The minimum Gasteiger partial charge on any atom is -0.456 e. The quantitative estimate of drug-likeness (QED) is 0.570. The van der Waals surface area contributed by atoms with E-state index in [4.69, 9.17) is 4.74 Å². The number of rotatable bonds is 8. The van der Waals surface area contributed by atoms with Crippen LogP contribution >= 0.6 is 0 Å². The number of hydrogen-bond donors (Lipinski definition) is 1. The van der Waals surface area contributed by atoms with Gasteiger partial charge in [-0.3, -0.25) is 14.4 Å². The van der Waals surface area contributed by atoms with Crippen LogP contribution < -0.4 is 5.32 Å². The Morgan fingerprint density at radius 1 is 0.963 bits per heavy atom. The van der Waals surface area contributed by atoms with Gasteiger partial charge in [0.25, 0.3) is 5.91 Å². The zero-order valence-electron chi connectivity index (χ0n) is 16.0. The average molecular weight is 367 g/mol. The molecule has 1 atom stereocenters. The Hall–Kier alpha value is -2.95. The summed E-state index contributed by atoms with van der Waals surface area (Å²) in [7, 11) is 0. The molecule has 5 nitrogen and oxygen atoms in total. The molecule has 0 saturated carbocycles. The van der Waals surface area contributed by atoms with Gasteiger partial charge in [-0.25, -0.2) is 0 Å². The molecule has 0 saturated heterocycles. The highest BCUT2D eigenvalue weighted by molar-refractivity contribution is 5.97. The van der Waals surface area contributed by atoms with E-state index >= 15 is 0 Å². The van der Waals surface area contributed by atoms with Crippen LogP contribution in [-0.4, -0.2) is 24.3 Å². The number of ether oxygens (including phenoxy) is 1. The predicted molar refractivity (Wildman–Crippen MR) is 103 cm³/mol. The van der Waals surface area contributed by atoms with Crippen molar-refractivity contribution in [3.8, 4) is 0 Å². The Bertz CT molecular complexity index is 814. The van der Waals surface area contributed by atoms with Gasteiger partial charge in [-0.15, -0.1) is 0 Å². The van der Waals surface area contributed by atoms with Crippen LogP contribution in [0.25, 0.3) is 0 Å². The average Bonchev–Trinajstić information content (AvgIpc) is 2.67. The van der Waals surface area contributed by atoms with Crippen molar-refractivity contribution in [2.45, 2.75) is 39.7 Å². The molecular weight excluding hydrogens is 342 g/mol. The Kier molecular flexibility index (Phi) is 7.29. The van der Waals surface area contributed by atoms with Crippen LogP contribution in [-0.2, 0) is 14.3 Å². The molecule has 0 bridgehead atoms. The summed E-state index contributed by atoms with van der Waals surface area (Å²) < 4.78 is 4.97. The molecule has 142 valence electrons. The van der Waals surface area contributed by atoms with E-state index in [1.165, 1.54) is 0 Å². The maximum atomic E-state index is 12.2. The van der Waals surface area contributed by atoms with Crippen molar-refractivity contribution in [1.29, 1.82) is 0 Å². The molecule has 1 amide bonds. The Morgan fingerprint density at radius 3 is 2.33 bits per heavy atom. The summed E-state index contributed by atoms with van der Waals surface area (Å²) in [4.78, 5) is 35.9. The van der Waals surface area contributed by atoms with E-state index in [9.17, 15) is 14.4 Å². The summed E-state index contributed by atoms with van der Waals surface area (Å²) in [6.45, 7) is 5.42. The van der Waals surface area contributed by atoms with Crippen molar-refractivity contribution in [3.05, 3.63) is 70.8 Å². The summed E-state index contributed by atoms with van der Waals surface area (Å²) >= 11 is 0. The highest BCUT2D eigenvalue weighted by atomic mass is 16.5. The lowest BCUT2D eigenvalue weighted by Gasteiger charge is -2.14. The summed E-state index contributed by atoms with van der Waals surface area (Å²) in [5.74, 6) is -1.05. The number of carbonyl (C=O) groups excluding carboxylic acids is 3. The second-order valence-electron chi connectivity index (χ2n) is 6.58. The van der Waals surface area contributed by atoms with Gasteiger partial charge in [0.2, 0.25) is 0 Å². The van der Waals surface area contributed by atoms with Crippen LogP contribution in [0, 0.1) is 13.8 Å². The van der Waals surface area contributed by atoms with Crippen molar-refractivity contribution in [2.75, 3.05) is 6.61 Å². The molecule has 0 radical (unpaired) electrons. The normalized spacial score (nSPS) is 11.5. The Labute approximate surface area is 159 Å². The van der Waals surface area contributed by atoms with Crippen LogP contribution in [0.5, 0.6) is 0 Å². The van der Waals surface area contributed by atoms with E-state index in [-0.39, 0.29) is 37.2 Å². The number of carbonyl (C=O) groups is 3. The third-order valence-corrected chi connectivity index (χ3v) is 4.43. The zero-order valence-corrected chi connectivity index (χ0v) is 16.0. The van der Waals surface area contributed by atoms with Crippen LogP contribution in [0.2, 0.25) is 0 Å². The lowest BCUT2D eigenvalue weighted by molar-refractivity contribution is -0.148. The maximum absolute atomic E-state index is 12.2. The molecule has 0 aliphatic heterocycles. The lowest BCUT2D eigenvalue weighted by Crippen LogP contribution is -2.31. The maximum Gasteiger partial charge on any atom is 0.306 e. The van der Waals surface area contributed by atoms with E-state index in [1.54, 1.807) is 6.07 Å². The van der Waals surface area contributed by atoms with Crippen molar-refractivity contribution in [1.82, 2.24) is 5.32 Å². The molecule has 1 N–H and O–H groups in total. The van der Waals surface area contributed by atoms with Gasteiger partial charge in [-0.05, 0) is 43.5 Å². The molecular formula is C22H25NO4. The number of amides is 1. The first-order valence-electron chi connectivity index (χ1n) is 8.97. The molecule has 0 aliphatic rings. The smallest absolute Gasteiger partial charge is 0.306 e. The summed E-state index contributed by atoms with van der Waals surface area (Å²) in [5.41, 5.74) is 3.70. The predicted octanol–water partition coefficient (Wildman–Crippen LogP) is 3.69. The molecule has 0 heterocycles. The molecule has 0 aromatic heterocycles. The Morgan fingerprint density at radius 2 is 1.67 bits per heavy atom. The number of aryl methyl sites for hydroxylation is 2. The molecule has 2 aromatic carbocycles. The van der Waals surface area contributed by atoms with Gasteiger partial charge in [0.1, 0.15) is 0 Å². The number of benzene rings is 2. The molecule has 0 fully saturated rings. The van der Waals surface area contributed by atoms with E-state index < -0.39 is 5.97 Å². The van der Waals surface area contributed by atoms with Gasteiger partial charge in [0.15, 0.2) is 12.4 Å². The molecule has 0 aliphatic carbocycles. The molecule has 2 aromatic rings. The van der Waals surface area contributed by atoms with Gasteiger partial charge in [0.05, 0.1) is 12.5 Å². The molecule has 27 heavy (non-hydrogen) atoms. The fourth-order valence-corrected chi connectivity index (χ4v) is 2.60. The number of esters is 1. The second-order valence-corrected chi connectivity index (χ2v) is 6.58. The molecule has 0 unspecified atom stereocenters. The fourth-order valence-electron chi connectivity index (χ4n) is 2.60. The topological polar surface area (TPSA) is 72.5 Å². The van der Waals surface area contributed by atoms with Crippen molar-refractivity contribution >= 4 is 17.7 Å². The number of hydrogen-bond acceptors (Lipinski definition) is 4. The van der Waals surface area contributed by atoms with E-state index in [1.807, 2.05) is 63.2 Å². The third-order valence-electron chi connectivity index (χ3n) is 4.43. The van der Waals surface area contributed by atoms with Crippen LogP contribution in [0.4, 0.5) is 0 Å². The fraction of sp³-hybridized carbons (Fsp3) is 0.318. The first-order valence-corrected chi connectivity index (χ1v) is 8.97. The van der Waals surface area contributed by atoms with Crippen LogP contribution in [0.3, 0.4) is 0 Å². The summed E-state index contributed by atoms with van der Waals surface area (Å²) in [5, 5.41) is 2.77. The zero-order chi connectivity index (χ0) is 19.8. The van der Waals surface area contributed by atoms with Crippen molar-refractivity contribution in [2.24, 2.45) is 0 Å². The number of Topliss-reactive ketones (excluding diaryl/α,β-unsaturated/α-hetero) is 1. The van der Waals surface area contributed by atoms with Gasteiger partial charge in [-0.2, -0.15) is 0 Å². The van der Waals surface area contributed by atoms with E-state index in [2.05, 4.69) is 5.32 Å². The van der Waals surface area contributed by atoms with E-state index in [0.717, 1.165) is 16.7 Å². The van der Waals surface area contributed by atoms with E-state index in [0.29, 0.717) is 5.56 Å². The largest absolute Gasteiger partial charge is 0.456 e. The van der Waals surface area contributed by atoms with Gasteiger partial charge >= 0.3 is 5.97 Å². The van der Waals surface area contributed by atoms with Crippen molar-refractivity contribution in [3.63, 3.8) is 0 Å². The summed E-state index contributed by atoms with van der Waals surface area (Å²) in [6, 6.07) is 14.8. The minimum absolute atomic E-state index is 0.0483. The van der Waals surface area contributed by atoms with Crippen LogP contribution in [0.1, 0.15) is 52.9 Å². The number of ketones is 1. The molecule has 0 spiro atoms. The molecule has 5 heteroatoms. The third kappa shape index (κ3) is 6.37. The standard InChI is InChI=1S/C22H25NO4/c1-15-9-10-19(13-16(15)2)20(24)11-12-22(26)27-14-21(25)23-17(3)18-7-5-4-6-8-18/h4-10,13,17H,11-12,14H2,1-3H3,(H,23,25)/t17-/m0/s1. The Balaban J connectivity index is 1.73. The van der Waals surface area contributed by atoms with Crippen molar-refractivity contribution < 1.29 is 19.1 Å². The highest BCUT2D eigenvalue weighted by Crippen LogP contribution is 2.13. The van der Waals surface area contributed by atoms with Crippen LogP contribution in [0.15, 0.2) is 48.5 Å². The number of nitrogens with one attached hydrogen (secondary N) is 1. The molecule has 2 rings (SSSR count). The van der Waals surface area contributed by atoms with Gasteiger partial charge < -0.3 is 10.1 Å². The first kappa shape index (κ1) is 20.4. The lowest BCUT2D eigenvalue weighted by atomic mass is 10.0. The highest BCUT2D eigenvalue weighted by Gasteiger charge is 2.14. The monoisotopic (exact) mass is 367 g/mol. The van der Waals surface area contributed by atoms with Gasteiger partial charge in [0, 0.05) is 12.0 Å². The second kappa shape index (κ2) is 9.67. The SMILES string of the molecule is Cc1ccc(C(=O)CCC(=O)OCC(=O)N[C@@H](C)c2ccccc2)cc1C. The first-order chi connectivity index (χ1) is 12.9. The summed E-state index contributed by atoms with van der Waals surface area (Å²) in [6.07, 6.45) is 0.0106. The minimum atomic E-state index is -0.560. The van der Waals surface area contributed by atoms with Gasteiger partial charge in [-0.1, -0.05) is 42.5 Å².